The first-order chi connectivity index (χ1) is 17.7. The number of nitrogens with zero attached hydrogens (tertiary/aromatic N) is 1. The van der Waals surface area contributed by atoms with Gasteiger partial charge in [0.15, 0.2) is 0 Å². The van der Waals surface area contributed by atoms with Crippen molar-refractivity contribution < 1.29 is 23.8 Å². The zero-order valence-corrected chi connectivity index (χ0v) is 23.1. The Bertz CT molecular complexity index is 1210. The summed E-state index contributed by atoms with van der Waals surface area (Å²) < 4.78 is 24.4. The molecule has 0 saturated carbocycles. The number of methoxy groups -OCH3 is 1. The first-order valence-electron chi connectivity index (χ1n) is 11.8. The van der Waals surface area contributed by atoms with Crippen LogP contribution in [0.4, 0.5) is 10.1 Å². The van der Waals surface area contributed by atoms with Gasteiger partial charge < -0.3 is 19.5 Å². The Labute approximate surface area is 231 Å². The van der Waals surface area contributed by atoms with E-state index in [1.807, 2.05) is 23.2 Å². The molecule has 0 aliphatic carbocycles. The van der Waals surface area contributed by atoms with Crippen LogP contribution in [0, 0.1) is 5.92 Å². The maximum absolute atomic E-state index is 13.4. The maximum atomic E-state index is 13.4. The Morgan fingerprint density at radius 2 is 2.03 bits per heavy atom. The lowest BCUT2D eigenvalue weighted by Gasteiger charge is -2.30. The summed E-state index contributed by atoms with van der Waals surface area (Å²) in [7, 11) is 1.59. The molecule has 1 saturated heterocycles. The summed E-state index contributed by atoms with van der Waals surface area (Å²) in [6.45, 7) is 7.33. The van der Waals surface area contributed by atoms with Crippen molar-refractivity contribution in [2.75, 3.05) is 38.4 Å². The summed E-state index contributed by atoms with van der Waals surface area (Å²) >= 11 is 13.8. The summed E-state index contributed by atoms with van der Waals surface area (Å²) in [5.74, 6) is -1.11. The number of hydrogen-bond acceptors (Lipinski definition) is 5. The normalized spacial score (nSPS) is 15.6. The Balaban J connectivity index is 2.16. The Morgan fingerprint density at radius 3 is 2.62 bits per heavy atom. The highest BCUT2D eigenvalue weighted by molar-refractivity contribution is 7.15. The van der Waals surface area contributed by atoms with Crippen molar-refractivity contribution in [1.29, 1.82) is 0 Å². The van der Waals surface area contributed by atoms with E-state index in [2.05, 4.69) is 6.58 Å². The number of anilines is 1. The molecule has 1 aromatic heterocycles. The third-order valence-electron chi connectivity index (χ3n) is 5.90. The molecule has 37 heavy (non-hydrogen) atoms. The van der Waals surface area contributed by atoms with Crippen LogP contribution in [0.2, 0.25) is 10.0 Å². The number of carboxylic acids is 1. The van der Waals surface area contributed by atoms with Gasteiger partial charge >= 0.3 is 5.97 Å². The number of hydrogen-bond donors (Lipinski definition) is 1. The fourth-order valence-corrected chi connectivity index (χ4v) is 5.61. The molecule has 1 fully saturated rings. The molecule has 1 N–H and O–H groups in total. The smallest absolute Gasteiger partial charge is 0.348 e. The van der Waals surface area contributed by atoms with Crippen LogP contribution in [0.5, 0.6) is 0 Å². The largest absolute Gasteiger partial charge is 0.477 e. The zero-order chi connectivity index (χ0) is 26.9. The van der Waals surface area contributed by atoms with E-state index < -0.39 is 5.97 Å². The monoisotopic (exact) mass is 565 g/mol. The number of aromatic carboxylic acids is 1. The van der Waals surface area contributed by atoms with Crippen molar-refractivity contribution in [2.24, 2.45) is 5.92 Å². The van der Waals surface area contributed by atoms with Crippen molar-refractivity contribution in [3.05, 3.63) is 86.5 Å². The number of halogens is 3. The Kier molecular flexibility index (Phi) is 11.0. The average Bonchev–Trinajstić information content (AvgIpc) is 3.30. The summed E-state index contributed by atoms with van der Waals surface area (Å²) in [4.78, 5) is 15.1. The van der Waals surface area contributed by atoms with E-state index >= 15 is 0 Å². The molecule has 2 heterocycles. The van der Waals surface area contributed by atoms with Gasteiger partial charge in [0.25, 0.3) is 0 Å². The lowest BCUT2D eigenvalue weighted by molar-refractivity contribution is 0.0681. The lowest BCUT2D eigenvalue weighted by Crippen LogP contribution is -2.30. The first-order valence-corrected chi connectivity index (χ1v) is 13.3. The third kappa shape index (κ3) is 8.03. The molecule has 0 bridgehead atoms. The van der Waals surface area contributed by atoms with E-state index in [0.717, 1.165) is 35.3 Å². The lowest BCUT2D eigenvalue weighted by atomic mass is 9.99. The zero-order valence-electron chi connectivity index (χ0n) is 20.8. The molecule has 0 unspecified atom stereocenters. The molecule has 0 amide bonds. The van der Waals surface area contributed by atoms with Crippen molar-refractivity contribution in [3.8, 4) is 0 Å². The highest BCUT2D eigenvalue weighted by atomic mass is 35.5. The third-order valence-corrected chi connectivity index (χ3v) is 7.61. The standard InChI is InChI=1S/C28H30Cl2FNO4S/c1-4-20(6-5-18(2)31)26-14-25(27(37-26)28(33)34)32(15-19-9-11-36-12-10-19)16-21(17-35-3)23-8-7-22(29)13-24(23)30/h4-8,13-14,16,19H,1,9-12,15,17H2,2-3H3,(H,33,34). The van der Waals surface area contributed by atoms with Crippen LogP contribution in [0.3, 0.4) is 0 Å². The van der Waals surface area contributed by atoms with Crippen LogP contribution in [-0.4, -0.2) is 44.6 Å². The number of benzene rings is 1. The number of thiophene rings is 1. The van der Waals surface area contributed by atoms with Crippen LogP contribution < -0.4 is 4.90 Å². The van der Waals surface area contributed by atoms with Crippen molar-refractivity contribution in [2.45, 2.75) is 19.8 Å². The van der Waals surface area contributed by atoms with Gasteiger partial charge in [0.2, 0.25) is 0 Å². The molecule has 3 rings (SSSR count). The molecule has 1 aliphatic rings. The van der Waals surface area contributed by atoms with Gasteiger partial charge in [-0.3, -0.25) is 0 Å². The van der Waals surface area contributed by atoms with Crippen molar-refractivity contribution >= 4 is 57.3 Å². The summed E-state index contributed by atoms with van der Waals surface area (Å²) in [5, 5.41) is 11.1. The Hall–Kier alpha value is -2.42. The molecule has 2 aromatic rings. The van der Waals surface area contributed by atoms with Crippen LogP contribution in [0.25, 0.3) is 11.1 Å². The van der Waals surface area contributed by atoms with Crippen molar-refractivity contribution in [1.82, 2.24) is 0 Å². The quantitative estimate of drug-likeness (QED) is 0.279. The maximum Gasteiger partial charge on any atom is 0.348 e. The minimum absolute atomic E-state index is 0.172. The van der Waals surface area contributed by atoms with Gasteiger partial charge in [-0.2, -0.15) is 0 Å². The second-order valence-electron chi connectivity index (χ2n) is 8.63. The number of rotatable bonds is 11. The van der Waals surface area contributed by atoms with Crippen LogP contribution in [-0.2, 0) is 9.47 Å². The Morgan fingerprint density at radius 1 is 1.30 bits per heavy atom. The fraction of sp³-hybridized carbons (Fsp3) is 0.321. The molecular weight excluding hydrogens is 536 g/mol. The highest BCUT2D eigenvalue weighted by Gasteiger charge is 2.25. The van der Waals surface area contributed by atoms with Gasteiger partial charge in [-0.15, -0.1) is 11.3 Å². The van der Waals surface area contributed by atoms with E-state index in [4.69, 9.17) is 32.7 Å². The minimum Gasteiger partial charge on any atom is -0.477 e. The molecule has 1 aliphatic heterocycles. The van der Waals surface area contributed by atoms with Gasteiger partial charge in [-0.25, -0.2) is 9.18 Å². The van der Waals surface area contributed by atoms with Gasteiger partial charge in [0.05, 0.1) is 18.1 Å². The number of allylic oxidation sites excluding steroid dienone is 5. The van der Waals surface area contributed by atoms with Crippen molar-refractivity contribution in [3.63, 3.8) is 0 Å². The molecule has 1 aromatic carbocycles. The molecule has 5 nitrogen and oxygen atoms in total. The minimum atomic E-state index is -1.05. The number of carbonyl (C=O) groups is 1. The van der Waals surface area contributed by atoms with Gasteiger partial charge in [0, 0.05) is 59.1 Å². The van der Waals surface area contributed by atoms with Gasteiger partial charge in [-0.05, 0) is 55.5 Å². The molecule has 0 atom stereocenters. The molecule has 0 spiro atoms. The summed E-state index contributed by atoms with van der Waals surface area (Å²) in [5.41, 5.74) is 2.68. The van der Waals surface area contributed by atoms with E-state index in [-0.39, 0.29) is 17.3 Å². The van der Waals surface area contributed by atoms with Crippen LogP contribution in [0.15, 0.2) is 61.1 Å². The fourth-order valence-electron chi connectivity index (χ4n) is 4.05. The van der Waals surface area contributed by atoms with E-state index in [9.17, 15) is 14.3 Å². The second kappa shape index (κ2) is 13.9. The number of ether oxygens (including phenoxy) is 2. The molecule has 198 valence electrons. The predicted molar refractivity (Wildman–Crippen MR) is 152 cm³/mol. The van der Waals surface area contributed by atoms with Gasteiger partial charge in [-0.1, -0.05) is 48.0 Å². The van der Waals surface area contributed by atoms with E-state index in [0.29, 0.717) is 51.9 Å². The summed E-state index contributed by atoms with van der Waals surface area (Å²) in [6, 6.07) is 7.05. The van der Waals surface area contributed by atoms with E-state index in [1.165, 1.54) is 13.0 Å². The summed E-state index contributed by atoms with van der Waals surface area (Å²) in [6.07, 6.45) is 8.13. The molecule has 0 radical (unpaired) electrons. The predicted octanol–water partition coefficient (Wildman–Crippen LogP) is 8.12. The molecule has 9 heteroatoms. The van der Waals surface area contributed by atoms with Gasteiger partial charge in [0.1, 0.15) is 4.88 Å². The topological polar surface area (TPSA) is 59.0 Å². The number of carboxylic acid groups (broad SMARTS) is 1. The van der Waals surface area contributed by atoms with Crippen LogP contribution >= 0.6 is 34.5 Å². The molecular formula is C28H30Cl2FNO4S. The first kappa shape index (κ1) is 29.1. The highest BCUT2D eigenvalue weighted by Crippen LogP contribution is 2.37. The SMILES string of the molecule is C=CC(=CC=C(C)F)c1cc(N(C=C(COC)c2ccc(Cl)cc2Cl)CC2CCOCC2)c(C(=O)O)s1. The average molecular weight is 567 g/mol. The second-order valence-corrected chi connectivity index (χ2v) is 10.5. The van der Waals surface area contributed by atoms with E-state index in [1.54, 1.807) is 31.4 Å². The van der Waals surface area contributed by atoms with Crippen LogP contribution in [0.1, 0.15) is 39.9 Å².